The molecule has 0 aliphatic rings. The summed E-state index contributed by atoms with van der Waals surface area (Å²) < 4.78 is 40.3. The molecule has 2 rings (SSSR count). The molecule has 1 N–H and O–H groups in total. The second kappa shape index (κ2) is 6.42. The van der Waals surface area contributed by atoms with Crippen molar-refractivity contribution in [1.82, 2.24) is 5.32 Å². The van der Waals surface area contributed by atoms with Crippen LogP contribution in [0.3, 0.4) is 0 Å². The summed E-state index contributed by atoms with van der Waals surface area (Å²) in [4.78, 5) is 0. The average molecular weight is 290 g/mol. The molecular weight excluding hydrogens is 277 g/mol. The largest absolute Gasteiger partial charge is 0.306 e. The van der Waals surface area contributed by atoms with Crippen LogP contribution < -0.4 is 5.32 Å². The van der Waals surface area contributed by atoms with E-state index < -0.39 is 11.6 Å². The minimum Gasteiger partial charge on any atom is -0.306 e. The molecule has 21 heavy (non-hydrogen) atoms. The van der Waals surface area contributed by atoms with E-state index in [2.05, 4.69) is 5.32 Å². The Morgan fingerprint density at radius 2 is 1.67 bits per heavy atom. The minimum atomic E-state index is -0.759. The average Bonchev–Trinajstić information content (AvgIpc) is 2.46. The number of hydrogen-bond donors (Lipinski definition) is 1. The number of nitrogens with zero attached hydrogens (tertiary/aromatic N) is 1. The highest BCUT2D eigenvalue weighted by atomic mass is 19.1. The van der Waals surface area contributed by atoms with E-state index in [1.165, 1.54) is 12.1 Å². The highest BCUT2D eigenvalue weighted by Crippen LogP contribution is 2.18. The van der Waals surface area contributed by atoms with Gasteiger partial charge >= 0.3 is 0 Å². The van der Waals surface area contributed by atoms with E-state index in [4.69, 9.17) is 5.26 Å². The lowest BCUT2D eigenvalue weighted by Crippen LogP contribution is -2.19. The van der Waals surface area contributed by atoms with E-state index in [0.717, 1.165) is 17.7 Å². The highest BCUT2D eigenvalue weighted by Gasteiger charge is 2.13. The first kappa shape index (κ1) is 15.1. The van der Waals surface area contributed by atoms with E-state index in [0.29, 0.717) is 0 Å². The predicted octanol–water partition coefficient (Wildman–Crippen LogP) is 3.83. The van der Waals surface area contributed by atoms with Gasteiger partial charge in [-0.15, -0.1) is 0 Å². The Balaban J connectivity index is 2.10. The summed E-state index contributed by atoms with van der Waals surface area (Å²) in [5.41, 5.74) is 0.633. The van der Waals surface area contributed by atoms with Crippen LogP contribution in [0.4, 0.5) is 13.2 Å². The first-order valence-electron chi connectivity index (χ1n) is 6.38. The number of nitrogens with one attached hydrogen (secondary N) is 1. The molecule has 0 aromatic heterocycles. The Bertz CT molecular complexity index is 652. The van der Waals surface area contributed by atoms with Gasteiger partial charge in [0.2, 0.25) is 0 Å². The van der Waals surface area contributed by atoms with Crippen LogP contribution in [0.1, 0.15) is 29.7 Å². The van der Waals surface area contributed by atoms with Gasteiger partial charge < -0.3 is 5.32 Å². The summed E-state index contributed by atoms with van der Waals surface area (Å²) in [5, 5.41) is 11.6. The fourth-order valence-corrected chi connectivity index (χ4v) is 1.96. The van der Waals surface area contributed by atoms with Crippen LogP contribution in [-0.4, -0.2) is 0 Å². The topological polar surface area (TPSA) is 35.8 Å². The SMILES string of the molecule is C[C@@H](NCc1c(F)cc(C#N)cc1F)c1ccc(F)cc1. The third-order valence-corrected chi connectivity index (χ3v) is 3.23. The van der Waals surface area contributed by atoms with Gasteiger partial charge in [0.1, 0.15) is 17.5 Å². The fourth-order valence-electron chi connectivity index (χ4n) is 1.96. The fraction of sp³-hybridized carbons (Fsp3) is 0.188. The van der Waals surface area contributed by atoms with E-state index >= 15 is 0 Å². The zero-order valence-corrected chi connectivity index (χ0v) is 11.3. The van der Waals surface area contributed by atoms with Crippen LogP contribution in [0.25, 0.3) is 0 Å². The normalized spacial score (nSPS) is 12.0. The zero-order valence-electron chi connectivity index (χ0n) is 11.3. The van der Waals surface area contributed by atoms with Crippen LogP contribution >= 0.6 is 0 Å². The predicted molar refractivity (Wildman–Crippen MR) is 72.7 cm³/mol. The lowest BCUT2D eigenvalue weighted by atomic mass is 10.1. The van der Waals surface area contributed by atoms with Crippen LogP contribution in [-0.2, 0) is 6.54 Å². The van der Waals surface area contributed by atoms with Gasteiger partial charge in [0.05, 0.1) is 11.6 Å². The number of benzene rings is 2. The van der Waals surface area contributed by atoms with Gasteiger partial charge in [-0.3, -0.25) is 0 Å². The monoisotopic (exact) mass is 290 g/mol. The van der Waals surface area contributed by atoms with Crippen LogP contribution in [0.5, 0.6) is 0 Å². The summed E-state index contributed by atoms with van der Waals surface area (Å²) in [6.45, 7) is 1.79. The van der Waals surface area contributed by atoms with E-state index in [1.807, 2.05) is 6.92 Å². The van der Waals surface area contributed by atoms with Gasteiger partial charge in [-0.1, -0.05) is 12.1 Å². The lowest BCUT2D eigenvalue weighted by molar-refractivity contribution is 0.508. The summed E-state index contributed by atoms with van der Waals surface area (Å²) in [7, 11) is 0. The molecule has 0 spiro atoms. The number of halogens is 3. The molecule has 2 aromatic carbocycles. The van der Waals surface area contributed by atoms with Crippen molar-refractivity contribution < 1.29 is 13.2 Å². The Kier molecular flexibility index (Phi) is 4.61. The molecule has 0 saturated heterocycles. The Morgan fingerprint density at radius 3 is 2.19 bits per heavy atom. The Labute approximate surface area is 120 Å². The van der Waals surface area contributed by atoms with Crippen molar-refractivity contribution in [2.45, 2.75) is 19.5 Å². The Morgan fingerprint density at radius 1 is 1.10 bits per heavy atom. The second-order valence-corrected chi connectivity index (χ2v) is 4.68. The third kappa shape index (κ3) is 3.61. The molecule has 0 aliphatic carbocycles. The van der Waals surface area contributed by atoms with Gasteiger partial charge in [0.25, 0.3) is 0 Å². The summed E-state index contributed by atoms with van der Waals surface area (Å²) >= 11 is 0. The highest BCUT2D eigenvalue weighted by molar-refractivity contribution is 5.34. The van der Waals surface area contributed by atoms with Crippen molar-refractivity contribution in [2.75, 3.05) is 0 Å². The van der Waals surface area contributed by atoms with Crippen molar-refractivity contribution >= 4 is 0 Å². The molecule has 0 heterocycles. The van der Waals surface area contributed by atoms with Gasteiger partial charge in [-0.05, 0) is 36.8 Å². The molecule has 0 amide bonds. The smallest absolute Gasteiger partial charge is 0.131 e. The molecule has 1 atom stereocenters. The quantitative estimate of drug-likeness (QED) is 0.929. The summed E-state index contributed by atoms with van der Waals surface area (Å²) in [6, 6.07) is 9.39. The van der Waals surface area contributed by atoms with Gasteiger partial charge in [0.15, 0.2) is 0 Å². The standard InChI is InChI=1S/C16H13F3N2/c1-10(12-2-4-13(17)5-3-12)21-9-14-15(18)6-11(8-20)7-16(14)19/h2-7,10,21H,9H2,1H3/t10-/m1/s1. The summed E-state index contributed by atoms with van der Waals surface area (Å²) in [6.07, 6.45) is 0. The van der Waals surface area contributed by atoms with Crippen molar-refractivity contribution in [3.8, 4) is 6.07 Å². The van der Waals surface area contributed by atoms with Crippen LogP contribution in [0.2, 0.25) is 0 Å². The number of nitriles is 1. The lowest BCUT2D eigenvalue weighted by Gasteiger charge is -2.15. The van der Waals surface area contributed by atoms with Crippen LogP contribution in [0, 0.1) is 28.8 Å². The molecule has 0 fully saturated rings. The molecule has 0 unspecified atom stereocenters. The summed E-state index contributed by atoms with van der Waals surface area (Å²) in [5.74, 6) is -1.86. The second-order valence-electron chi connectivity index (χ2n) is 4.68. The third-order valence-electron chi connectivity index (χ3n) is 3.23. The van der Waals surface area contributed by atoms with Crippen molar-refractivity contribution in [2.24, 2.45) is 0 Å². The molecule has 0 saturated carbocycles. The Hall–Kier alpha value is -2.32. The maximum Gasteiger partial charge on any atom is 0.131 e. The van der Waals surface area contributed by atoms with Gasteiger partial charge in [-0.2, -0.15) is 5.26 Å². The molecule has 2 aromatic rings. The van der Waals surface area contributed by atoms with E-state index in [-0.39, 0.29) is 29.5 Å². The maximum atomic E-state index is 13.7. The zero-order chi connectivity index (χ0) is 15.4. The first-order chi connectivity index (χ1) is 10.0. The molecule has 5 heteroatoms. The van der Waals surface area contributed by atoms with Crippen LogP contribution in [0.15, 0.2) is 36.4 Å². The number of hydrogen-bond acceptors (Lipinski definition) is 2. The molecular formula is C16H13F3N2. The van der Waals surface area contributed by atoms with Gasteiger partial charge in [0, 0.05) is 18.2 Å². The van der Waals surface area contributed by atoms with E-state index in [9.17, 15) is 13.2 Å². The van der Waals surface area contributed by atoms with Crippen molar-refractivity contribution in [3.63, 3.8) is 0 Å². The molecule has 0 aliphatic heterocycles. The van der Waals surface area contributed by atoms with E-state index in [1.54, 1.807) is 18.2 Å². The van der Waals surface area contributed by atoms with Crippen molar-refractivity contribution in [3.05, 3.63) is 70.5 Å². The first-order valence-corrected chi connectivity index (χ1v) is 6.38. The molecule has 2 nitrogen and oxygen atoms in total. The molecule has 108 valence electrons. The minimum absolute atomic E-state index is 0.0259. The van der Waals surface area contributed by atoms with Gasteiger partial charge in [-0.25, -0.2) is 13.2 Å². The van der Waals surface area contributed by atoms with Crippen molar-refractivity contribution in [1.29, 1.82) is 5.26 Å². The molecule has 0 radical (unpaired) electrons. The molecule has 0 bridgehead atoms. The number of rotatable bonds is 4. The maximum absolute atomic E-state index is 13.7.